The maximum absolute atomic E-state index is 8.69. The fraction of sp³-hybridized carbons (Fsp3) is 0.943. The van der Waals surface area contributed by atoms with Gasteiger partial charge in [-0.1, -0.05) is 65.5 Å². The fourth-order valence-corrected chi connectivity index (χ4v) is 9.67. The molecule has 5 nitrogen and oxygen atoms in total. The highest BCUT2D eigenvalue weighted by Gasteiger charge is 2.59. The van der Waals surface area contributed by atoms with Gasteiger partial charge in [-0.3, -0.25) is 0 Å². The van der Waals surface area contributed by atoms with E-state index in [4.69, 9.17) is 24.1 Å². The predicted octanol–water partition coefficient (Wildman–Crippen LogP) is 7.46. The van der Waals surface area contributed by atoms with Gasteiger partial charge in [0.05, 0.1) is 59.0 Å². The molecule has 3 saturated carbocycles. The normalized spacial score (nSPS) is 36.2. The summed E-state index contributed by atoms with van der Waals surface area (Å²) < 4.78 is 22.7. The van der Waals surface area contributed by atoms with Crippen molar-refractivity contribution in [3.05, 3.63) is 11.6 Å². The van der Waals surface area contributed by atoms with Gasteiger partial charge in [0.15, 0.2) is 0 Å². The van der Waals surface area contributed by atoms with E-state index in [-0.39, 0.29) is 6.61 Å². The molecule has 0 saturated heterocycles. The zero-order valence-electron chi connectivity index (χ0n) is 26.6. The largest absolute Gasteiger partial charge is 0.394 e. The van der Waals surface area contributed by atoms with Gasteiger partial charge in [0.1, 0.15) is 0 Å². The number of aliphatic hydroxyl groups is 1. The number of hydrogen-bond donors (Lipinski definition) is 1. The van der Waals surface area contributed by atoms with Crippen LogP contribution in [0.5, 0.6) is 0 Å². The van der Waals surface area contributed by atoms with Crippen molar-refractivity contribution >= 4 is 0 Å². The maximum Gasteiger partial charge on any atom is 0.0704 e. The van der Waals surface area contributed by atoms with Gasteiger partial charge in [-0.05, 0) is 97.7 Å². The first-order valence-corrected chi connectivity index (χ1v) is 16.9. The second-order valence-electron chi connectivity index (χ2n) is 14.6. The summed E-state index contributed by atoms with van der Waals surface area (Å²) in [4.78, 5) is 0. The van der Waals surface area contributed by atoms with Crippen LogP contribution in [0.2, 0.25) is 0 Å². The van der Waals surface area contributed by atoms with Crippen LogP contribution in [-0.2, 0) is 18.9 Å². The molecule has 5 heteroatoms. The average molecular weight is 563 g/mol. The van der Waals surface area contributed by atoms with Crippen LogP contribution in [0.3, 0.4) is 0 Å². The van der Waals surface area contributed by atoms with Crippen LogP contribution in [0.1, 0.15) is 105 Å². The van der Waals surface area contributed by atoms with Crippen molar-refractivity contribution in [2.24, 2.45) is 46.3 Å². The molecular weight excluding hydrogens is 500 g/mol. The van der Waals surface area contributed by atoms with Crippen molar-refractivity contribution in [2.75, 3.05) is 52.9 Å². The van der Waals surface area contributed by atoms with Gasteiger partial charge in [0.25, 0.3) is 0 Å². The van der Waals surface area contributed by atoms with Crippen molar-refractivity contribution in [3.8, 4) is 0 Å². The minimum Gasteiger partial charge on any atom is -0.394 e. The van der Waals surface area contributed by atoms with Gasteiger partial charge in [-0.25, -0.2) is 0 Å². The maximum atomic E-state index is 8.69. The molecule has 1 N–H and O–H groups in total. The van der Waals surface area contributed by atoms with E-state index in [1.54, 1.807) is 5.57 Å². The highest BCUT2D eigenvalue weighted by molar-refractivity contribution is 5.25. The van der Waals surface area contributed by atoms with Crippen LogP contribution in [0.25, 0.3) is 0 Å². The molecule has 0 spiro atoms. The molecule has 3 fully saturated rings. The Morgan fingerprint density at radius 1 is 0.825 bits per heavy atom. The first-order chi connectivity index (χ1) is 19.3. The zero-order chi connectivity index (χ0) is 28.6. The van der Waals surface area contributed by atoms with Gasteiger partial charge in [-0.2, -0.15) is 0 Å². The van der Waals surface area contributed by atoms with Gasteiger partial charge in [0.2, 0.25) is 0 Å². The predicted molar refractivity (Wildman–Crippen MR) is 162 cm³/mol. The molecule has 0 aromatic rings. The minimum atomic E-state index is 0.0559. The van der Waals surface area contributed by atoms with Crippen molar-refractivity contribution in [2.45, 2.75) is 111 Å². The first kappa shape index (κ1) is 32.5. The van der Waals surface area contributed by atoms with Crippen molar-refractivity contribution in [1.29, 1.82) is 0 Å². The lowest BCUT2D eigenvalue weighted by Crippen LogP contribution is -2.51. The second-order valence-corrected chi connectivity index (χ2v) is 14.6. The van der Waals surface area contributed by atoms with E-state index >= 15 is 0 Å². The van der Waals surface area contributed by atoms with Gasteiger partial charge < -0.3 is 24.1 Å². The van der Waals surface area contributed by atoms with Crippen LogP contribution in [0.15, 0.2) is 11.6 Å². The van der Waals surface area contributed by atoms with Gasteiger partial charge in [-0.15, -0.1) is 0 Å². The summed E-state index contributed by atoms with van der Waals surface area (Å²) in [6, 6.07) is 0. The van der Waals surface area contributed by atoms with E-state index in [0.717, 1.165) is 41.9 Å². The van der Waals surface area contributed by atoms with Crippen LogP contribution < -0.4 is 0 Å². The molecule has 0 unspecified atom stereocenters. The lowest BCUT2D eigenvalue weighted by molar-refractivity contribution is -0.0691. The zero-order valence-corrected chi connectivity index (χ0v) is 26.6. The van der Waals surface area contributed by atoms with Crippen molar-refractivity contribution in [1.82, 2.24) is 0 Å². The Hall–Kier alpha value is -0.460. The molecule has 0 aromatic carbocycles. The third-order valence-corrected chi connectivity index (χ3v) is 11.8. The molecule has 0 aliphatic heterocycles. The summed E-state index contributed by atoms with van der Waals surface area (Å²) in [5.74, 6) is 5.37. The number of hydrogen-bond acceptors (Lipinski definition) is 5. The standard InChI is InChI=1S/C35H62O5/c1-26(2)7-6-8-27(3)31-11-12-32-30-10-9-28-25-29(13-15-34(28,4)33(30)14-16-35(31,32)5)40-24-23-39-22-21-38-20-19-37-18-17-36/h9,26-27,29-33,36H,6-8,10-25H2,1-5H3/t27-,29-,30+,31-,32+,33+,34+,35-/m1/s1. The van der Waals surface area contributed by atoms with E-state index in [1.807, 2.05) is 0 Å². The molecule has 4 aliphatic carbocycles. The van der Waals surface area contributed by atoms with E-state index < -0.39 is 0 Å². The van der Waals surface area contributed by atoms with E-state index in [2.05, 4.69) is 40.7 Å². The Kier molecular flexibility index (Phi) is 12.4. The Morgan fingerprint density at radius 3 is 2.23 bits per heavy atom. The quantitative estimate of drug-likeness (QED) is 0.147. The van der Waals surface area contributed by atoms with E-state index in [9.17, 15) is 0 Å². The monoisotopic (exact) mass is 562 g/mol. The molecule has 0 aromatic heterocycles. The molecule has 0 bridgehead atoms. The van der Waals surface area contributed by atoms with E-state index in [1.165, 1.54) is 64.2 Å². The van der Waals surface area contributed by atoms with Crippen LogP contribution in [-0.4, -0.2) is 64.1 Å². The SMILES string of the molecule is CC(C)CCC[C@@H](C)[C@H]1CC[C@H]2[C@@H]3CC=C4C[C@H](OCCOCCOCCOCCO)CC[C@]4(C)[C@H]3CC[C@]12C. The summed E-state index contributed by atoms with van der Waals surface area (Å²) >= 11 is 0. The van der Waals surface area contributed by atoms with E-state index in [0.29, 0.717) is 63.2 Å². The molecule has 0 heterocycles. The Bertz CT molecular complexity index is 782. The van der Waals surface area contributed by atoms with Crippen LogP contribution in [0.4, 0.5) is 0 Å². The molecule has 4 rings (SSSR count). The summed E-state index contributed by atoms with van der Waals surface area (Å²) in [6.45, 7) is 16.6. The molecule has 0 radical (unpaired) electrons. The molecule has 232 valence electrons. The van der Waals surface area contributed by atoms with Crippen LogP contribution in [0, 0.1) is 46.3 Å². The average Bonchev–Trinajstić information content (AvgIpc) is 3.29. The molecule has 40 heavy (non-hydrogen) atoms. The summed E-state index contributed by atoms with van der Waals surface area (Å²) in [7, 11) is 0. The second kappa shape index (κ2) is 15.3. The number of rotatable bonds is 17. The first-order valence-electron chi connectivity index (χ1n) is 16.9. The highest BCUT2D eigenvalue weighted by atomic mass is 16.6. The Labute approximate surface area is 246 Å². The van der Waals surface area contributed by atoms with Crippen LogP contribution >= 0.6 is 0 Å². The van der Waals surface area contributed by atoms with Gasteiger partial charge >= 0.3 is 0 Å². The smallest absolute Gasteiger partial charge is 0.0704 e. The third kappa shape index (κ3) is 7.73. The molecule has 0 amide bonds. The lowest BCUT2D eigenvalue weighted by atomic mass is 9.47. The third-order valence-electron chi connectivity index (χ3n) is 11.8. The topological polar surface area (TPSA) is 57.2 Å². The number of allylic oxidation sites excluding steroid dienone is 1. The molecular formula is C35H62O5. The van der Waals surface area contributed by atoms with Gasteiger partial charge in [0, 0.05) is 0 Å². The fourth-order valence-electron chi connectivity index (χ4n) is 9.67. The summed E-state index contributed by atoms with van der Waals surface area (Å²) in [5.41, 5.74) is 2.67. The molecule has 8 atom stereocenters. The summed E-state index contributed by atoms with van der Waals surface area (Å²) in [6.07, 6.45) is 18.0. The summed E-state index contributed by atoms with van der Waals surface area (Å²) in [5, 5.41) is 8.69. The number of fused-ring (bicyclic) bond motifs is 5. The van der Waals surface area contributed by atoms with Crippen molar-refractivity contribution < 1.29 is 24.1 Å². The molecule has 4 aliphatic rings. The Morgan fingerprint density at radius 2 is 1.52 bits per heavy atom. The lowest BCUT2D eigenvalue weighted by Gasteiger charge is -2.58. The number of ether oxygens (including phenoxy) is 4. The van der Waals surface area contributed by atoms with Crippen molar-refractivity contribution in [3.63, 3.8) is 0 Å². The minimum absolute atomic E-state index is 0.0559. The number of aliphatic hydroxyl groups excluding tert-OH is 1. The highest BCUT2D eigenvalue weighted by Crippen LogP contribution is 2.67. The Balaban J connectivity index is 1.21.